The van der Waals surface area contributed by atoms with Crippen molar-refractivity contribution in [1.82, 2.24) is 4.90 Å². The van der Waals surface area contributed by atoms with Crippen LogP contribution in [0.3, 0.4) is 0 Å². The maximum atomic E-state index is 13.8. The normalized spacial score (nSPS) is 17.7. The highest BCUT2D eigenvalue weighted by Gasteiger charge is 2.29. The number of thioether (sulfide) groups is 1. The Kier molecular flexibility index (Phi) is 7.47. The number of carbonyl (C=O) groups is 1. The molecular weight excluding hydrogens is 415 g/mol. The van der Waals surface area contributed by atoms with Crippen molar-refractivity contribution in [2.75, 3.05) is 18.1 Å². The molecule has 1 saturated heterocycles. The highest BCUT2D eigenvalue weighted by Crippen LogP contribution is 2.28. The van der Waals surface area contributed by atoms with Crippen molar-refractivity contribution in [3.05, 3.63) is 59.1 Å². The number of nitrogens with one attached hydrogen (secondary N) is 1. The number of halogens is 4. The summed E-state index contributed by atoms with van der Waals surface area (Å²) in [4.78, 5) is 18.5. The highest BCUT2D eigenvalue weighted by molar-refractivity contribution is 8.14. The van der Waals surface area contributed by atoms with Crippen LogP contribution in [0.2, 0.25) is 5.02 Å². The molecule has 1 N–H and O–H groups in total. The molecule has 1 atom stereocenters. The zero-order valence-corrected chi connectivity index (χ0v) is 16.7. The van der Waals surface area contributed by atoms with E-state index in [1.807, 2.05) is 11.9 Å². The Balaban J connectivity index is 0.00000261. The predicted molar refractivity (Wildman–Crippen MR) is 109 cm³/mol. The first-order valence-electron chi connectivity index (χ1n) is 7.87. The smallest absolute Gasteiger partial charge is 0.226 e. The van der Waals surface area contributed by atoms with Gasteiger partial charge in [0.05, 0.1) is 11.4 Å². The molecule has 0 aliphatic carbocycles. The molecule has 2 aromatic rings. The standard InChI is InChI=1S/C18H16ClF2N3OS.ClH/c1-24-14(9-17(25)23-16-6-5-11(19)7-15(16)21)10-26-18(24)22-13-4-2-3-12(20)8-13;/h2-8,14H,9-10H2,1H3,(H,23,25);1H. The van der Waals surface area contributed by atoms with Crippen molar-refractivity contribution in [2.45, 2.75) is 12.5 Å². The number of amides is 1. The Bertz CT molecular complexity index is 866. The van der Waals surface area contributed by atoms with E-state index in [0.29, 0.717) is 16.6 Å². The Labute approximate surface area is 171 Å². The van der Waals surface area contributed by atoms with Crippen LogP contribution in [-0.4, -0.2) is 34.8 Å². The van der Waals surface area contributed by atoms with Gasteiger partial charge < -0.3 is 10.2 Å². The van der Waals surface area contributed by atoms with Crippen molar-refractivity contribution < 1.29 is 13.6 Å². The average Bonchev–Trinajstić information content (AvgIpc) is 2.91. The molecule has 0 bridgehead atoms. The largest absolute Gasteiger partial charge is 0.350 e. The molecule has 3 rings (SSSR count). The molecule has 4 nitrogen and oxygen atoms in total. The fraction of sp³-hybridized carbons (Fsp3) is 0.222. The van der Waals surface area contributed by atoms with Gasteiger partial charge in [-0.25, -0.2) is 13.8 Å². The topological polar surface area (TPSA) is 44.7 Å². The molecule has 0 saturated carbocycles. The van der Waals surface area contributed by atoms with Gasteiger partial charge in [0, 0.05) is 30.3 Å². The number of hydrogen-bond acceptors (Lipinski definition) is 3. The van der Waals surface area contributed by atoms with Gasteiger partial charge in [0.15, 0.2) is 5.17 Å². The van der Waals surface area contributed by atoms with Crippen LogP contribution in [0, 0.1) is 11.6 Å². The van der Waals surface area contributed by atoms with Gasteiger partial charge in [-0.1, -0.05) is 29.4 Å². The van der Waals surface area contributed by atoms with E-state index in [2.05, 4.69) is 10.3 Å². The number of hydrogen-bond donors (Lipinski definition) is 1. The Hall–Kier alpha value is -1.83. The summed E-state index contributed by atoms with van der Waals surface area (Å²) in [6, 6.07) is 10.0. The van der Waals surface area contributed by atoms with Gasteiger partial charge in [0.1, 0.15) is 11.6 Å². The molecule has 1 heterocycles. The molecule has 1 aliphatic rings. The van der Waals surface area contributed by atoms with Gasteiger partial charge in [0.25, 0.3) is 0 Å². The Morgan fingerprint density at radius 3 is 2.81 bits per heavy atom. The lowest BCUT2D eigenvalue weighted by atomic mass is 10.2. The summed E-state index contributed by atoms with van der Waals surface area (Å²) in [6.45, 7) is 0. The number of amidine groups is 1. The quantitative estimate of drug-likeness (QED) is 0.731. The minimum absolute atomic E-state index is 0. The first kappa shape index (κ1) is 21.5. The number of rotatable bonds is 4. The van der Waals surface area contributed by atoms with E-state index in [1.54, 1.807) is 12.1 Å². The van der Waals surface area contributed by atoms with Crippen LogP contribution in [0.15, 0.2) is 47.5 Å². The average molecular weight is 432 g/mol. The SMILES string of the molecule is CN1C(=Nc2cccc(F)c2)SCC1CC(=O)Nc1ccc(Cl)cc1F.Cl. The molecule has 2 aromatic carbocycles. The lowest BCUT2D eigenvalue weighted by Gasteiger charge is -2.20. The van der Waals surface area contributed by atoms with Crippen LogP contribution in [0.1, 0.15) is 6.42 Å². The molecule has 0 aromatic heterocycles. The van der Waals surface area contributed by atoms with Crippen molar-refractivity contribution in [3.63, 3.8) is 0 Å². The Morgan fingerprint density at radius 1 is 1.33 bits per heavy atom. The first-order valence-corrected chi connectivity index (χ1v) is 9.23. The zero-order valence-electron chi connectivity index (χ0n) is 14.3. The lowest BCUT2D eigenvalue weighted by molar-refractivity contribution is -0.116. The second kappa shape index (κ2) is 9.39. The monoisotopic (exact) mass is 431 g/mol. The fourth-order valence-electron chi connectivity index (χ4n) is 2.51. The van der Waals surface area contributed by atoms with Gasteiger partial charge in [0.2, 0.25) is 5.91 Å². The summed E-state index contributed by atoms with van der Waals surface area (Å²) in [5.41, 5.74) is 0.619. The molecule has 1 aliphatic heterocycles. The predicted octanol–water partition coefficient (Wildman–Crippen LogP) is 5.10. The Morgan fingerprint density at radius 2 is 2.11 bits per heavy atom. The molecule has 1 unspecified atom stereocenters. The summed E-state index contributed by atoms with van der Waals surface area (Å²) in [7, 11) is 1.83. The lowest BCUT2D eigenvalue weighted by Crippen LogP contribution is -2.33. The maximum Gasteiger partial charge on any atom is 0.226 e. The maximum absolute atomic E-state index is 13.8. The second-order valence-corrected chi connectivity index (χ2v) is 7.25. The molecule has 27 heavy (non-hydrogen) atoms. The molecule has 9 heteroatoms. The van der Waals surface area contributed by atoms with E-state index >= 15 is 0 Å². The van der Waals surface area contributed by atoms with Gasteiger partial charge in [-0.2, -0.15) is 0 Å². The van der Waals surface area contributed by atoms with Crippen LogP contribution in [0.5, 0.6) is 0 Å². The van der Waals surface area contributed by atoms with Gasteiger partial charge >= 0.3 is 0 Å². The molecule has 144 valence electrons. The number of nitrogens with zero attached hydrogens (tertiary/aromatic N) is 2. The summed E-state index contributed by atoms with van der Waals surface area (Å²) in [6.07, 6.45) is 0.188. The molecular formula is C18H17Cl2F2N3OS. The third kappa shape index (κ3) is 5.57. The molecule has 0 radical (unpaired) electrons. The van der Waals surface area contributed by atoms with Crippen molar-refractivity contribution in [3.8, 4) is 0 Å². The van der Waals surface area contributed by atoms with Gasteiger partial charge in [-0.05, 0) is 36.4 Å². The summed E-state index contributed by atoms with van der Waals surface area (Å²) < 4.78 is 27.0. The summed E-state index contributed by atoms with van der Waals surface area (Å²) >= 11 is 7.20. The van der Waals surface area contributed by atoms with Crippen molar-refractivity contribution in [1.29, 1.82) is 0 Å². The number of aliphatic imine (C=N–C) groups is 1. The van der Waals surface area contributed by atoms with Gasteiger partial charge in [-0.3, -0.25) is 4.79 Å². The fourth-order valence-corrected chi connectivity index (χ4v) is 3.87. The number of carbonyl (C=O) groups excluding carboxylic acids is 1. The second-order valence-electron chi connectivity index (χ2n) is 5.83. The van der Waals surface area contributed by atoms with Crippen LogP contribution in [0.4, 0.5) is 20.2 Å². The van der Waals surface area contributed by atoms with E-state index in [9.17, 15) is 13.6 Å². The van der Waals surface area contributed by atoms with E-state index < -0.39 is 5.82 Å². The summed E-state index contributed by atoms with van der Waals surface area (Å²) in [5.74, 6) is -0.552. The third-order valence-electron chi connectivity index (χ3n) is 3.91. The highest BCUT2D eigenvalue weighted by atomic mass is 35.5. The van der Waals surface area contributed by atoms with E-state index in [0.717, 1.165) is 6.07 Å². The van der Waals surface area contributed by atoms with Crippen LogP contribution >= 0.6 is 35.8 Å². The summed E-state index contributed by atoms with van der Waals surface area (Å²) in [5, 5.41) is 3.54. The molecule has 1 amide bonds. The zero-order chi connectivity index (χ0) is 18.7. The van der Waals surface area contributed by atoms with Crippen LogP contribution in [0.25, 0.3) is 0 Å². The number of anilines is 1. The van der Waals surface area contributed by atoms with E-state index in [4.69, 9.17) is 11.6 Å². The minimum Gasteiger partial charge on any atom is -0.350 e. The van der Waals surface area contributed by atoms with Crippen molar-refractivity contribution in [2.24, 2.45) is 4.99 Å². The molecule has 1 fully saturated rings. The van der Waals surface area contributed by atoms with E-state index in [-0.39, 0.29) is 47.3 Å². The number of benzene rings is 2. The molecule has 0 spiro atoms. The first-order chi connectivity index (χ1) is 12.4. The van der Waals surface area contributed by atoms with Gasteiger partial charge in [-0.15, -0.1) is 12.4 Å². The van der Waals surface area contributed by atoms with Crippen molar-refractivity contribution >= 4 is 58.2 Å². The third-order valence-corrected chi connectivity index (χ3v) is 5.34. The van der Waals surface area contributed by atoms with E-state index in [1.165, 1.54) is 36.0 Å². The minimum atomic E-state index is -0.576. The van der Waals surface area contributed by atoms with Crippen LogP contribution in [-0.2, 0) is 4.79 Å². The van der Waals surface area contributed by atoms with Crippen LogP contribution < -0.4 is 5.32 Å².